The molecule has 3 N–H and O–H groups in total. The van der Waals surface area contributed by atoms with Crippen molar-refractivity contribution in [3.8, 4) is 0 Å². The molecule has 1 fully saturated rings. The number of hydrogen-bond donors (Lipinski definition) is 3. The van der Waals surface area contributed by atoms with Crippen LogP contribution in [0, 0.1) is 0 Å². The van der Waals surface area contributed by atoms with Crippen LogP contribution in [-0.4, -0.2) is 31.0 Å². The lowest BCUT2D eigenvalue weighted by Crippen LogP contribution is -2.40. The minimum atomic E-state index is 0. The number of carbonyl (C=O) groups is 1. The predicted molar refractivity (Wildman–Crippen MR) is 119 cm³/mol. The molecule has 0 heterocycles. The maximum atomic E-state index is 12.0. The minimum absolute atomic E-state index is 0. The number of guanidine groups is 1. The Morgan fingerprint density at radius 2 is 1.81 bits per heavy atom. The summed E-state index contributed by atoms with van der Waals surface area (Å²) in [5, 5.41) is 9.62. The lowest BCUT2D eigenvalue weighted by atomic mass is 10.1. The molecular weight excluding hydrogens is 439 g/mol. The quantitative estimate of drug-likeness (QED) is 0.309. The lowest BCUT2D eigenvalue weighted by molar-refractivity contribution is -0.121. The highest BCUT2D eigenvalue weighted by Gasteiger charge is 2.16. The predicted octanol–water partition coefficient (Wildman–Crippen LogP) is 3.37. The van der Waals surface area contributed by atoms with Crippen molar-refractivity contribution in [3.63, 3.8) is 0 Å². The standard InChI is InChI=1S/C20H32N4O.HI/c1-3-16-9-5-6-10-17(16)15-23-20(21-4-2)22-14-13-19(25)24-18-11-7-8-12-18;/h5-6,9-10,18H,3-4,7-8,11-15H2,1-2H3,(H,24,25)(H2,21,22,23);1H. The molecule has 0 spiro atoms. The Bertz CT molecular complexity index is 571. The van der Waals surface area contributed by atoms with Gasteiger partial charge in [0.2, 0.25) is 5.91 Å². The van der Waals surface area contributed by atoms with E-state index in [0.29, 0.717) is 25.6 Å². The number of amides is 1. The second-order valence-corrected chi connectivity index (χ2v) is 6.54. The van der Waals surface area contributed by atoms with Crippen molar-refractivity contribution in [3.05, 3.63) is 35.4 Å². The van der Waals surface area contributed by atoms with Crippen LogP contribution in [0.15, 0.2) is 29.3 Å². The van der Waals surface area contributed by atoms with Crippen molar-refractivity contribution in [2.75, 3.05) is 13.1 Å². The number of carbonyl (C=O) groups excluding carboxylic acids is 1. The van der Waals surface area contributed by atoms with E-state index in [1.54, 1.807) is 0 Å². The molecule has 1 aromatic rings. The largest absolute Gasteiger partial charge is 0.357 e. The monoisotopic (exact) mass is 472 g/mol. The summed E-state index contributed by atoms with van der Waals surface area (Å²) in [6.07, 6.45) is 6.21. The molecule has 0 unspecified atom stereocenters. The third kappa shape index (κ3) is 7.93. The Balaban J connectivity index is 0.00000338. The minimum Gasteiger partial charge on any atom is -0.357 e. The molecule has 1 amide bonds. The Labute approximate surface area is 174 Å². The van der Waals surface area contributed by atoms with Crippen LogP contribution in [0.5, 0.6) is 0 Å². The maximum Gasteiger partial charge on any atom is 0.221 e. The van der Waals surface area contributed by atoms with Gasteiger partial charge >= 0.3 is 0 Å². The van der Waals surface area contributed by atoms with Gasteiger partial charge in [-0.25, -0.2) is 4.99 Å². The normalized spacial score (nSPS) is 14.6. The van der Waals surface area contributed by atoms with Crippen molar-refractivity contribution >= 4 is 35.8 Å². The molecule has 1 aliphatic carbocycles. The van der Waals surface area contributed by atoms with E-state index in [2.05, 4.69) is 52.1 Å². The third-order valence-corrected chi connectivity index (χ3v) is 4.62. The summed E-state index contributed by atoms with van der Waals surface area (Å²) < 4.78 is 0. The summed E-state index contributed by atoms with van der Waals surface area (Å²) >= 11 is 0. The molecule has 26 heavy (non-hydrogen) atoms. The molecule has 0 aliphatic heterocycles. The fraction of sp³-hybridized carbons (Fsp3) is 0.600. The molecule has 0 radical (unpaired) electrons. The van der Waals surface area contributed by atoms with Gasteiger partial charge in [-0.3, -0.25) is 4.79 Å². The smallest absolute Gasteiger partial charge is 0.221 e. The van der Waals surface area contributed by atoms with Crippen LogP contribution in [0.25, 0.3) is 0 Å². The van der Waals surface area contributed by atoms with Gasteiger partial charge in [0.15, 0.2) is 5.96 Å². The molecule has 1 aliphatic rings. The van der Waals surface area contributed by atoms with Gasteiger partial charge in [-0.05, 0) is 37.3 Å². The number of halogens is 1. The summed E-state index contributed by atoms with van der Waals surface area (Å²) in [4.78, 5) is 16.6. The average molecular weight is 472 g/mol. The van der Waals surface area contributed by atoms with E-state index >= 15 is 0 Å². The molecule has 0 bridgehead atoms. The van der Waals surface area contributed by atoms with Gasteiger partial charge in [0, 0.05) is 25.6 Å². The lowest BCUT2D eigenvalue weighted by Gasteiger charge is -2.14. The number of aliphatic imine (C=N–C) groups is 1. The van der Waals surface area contributed by atoms with Gasteiger partial charge in [0.05, 0.1) is 6.54 Å². The van der Waals surface area contributed by atoms with E-state index in [-0.39, 0.29) is 29.9 Å². The maximum absolute atomic E-state index is 12.0. The van der Waals surface area contributed by atoms with E-state index in [1.165, 1.54) is 24.0 Å². The zero-order valence-electron chi connectivity index (χ0n) is 16.0. The van der Waals surface area contributed by atoms with Crippen LogP contribution < -0.4 is 16.0 Å². The van der Waals surface area contributed by atoms with Gasteiger partial charge in [-0.15, -0.1) is 24.0 Å². The summed E-state index contributed by atoms with van der Waals surface area (Å²) in [5.41, 5.74) is 2.58. The number of aryl methyl sites for hydroxylation is 1. The summed E-state index contributed by atoms with van der Waals surface area (Å²) in [6.45, 7) is 6.25. The number of hydrogen-bond acceptors (Lipinski definition) is 2. The van der Waals surface area contributed by atoms with Gasteiger partial charge < -0.3 is 16.0 Å². The Morgan fingerprint density at radius 3 is 2.46 bits per heavy atom. The second-order valence-electron chi connectivity index (χ2n) is 6.54. The van der Waals surface area contributed by atoms with Crippen LogP contribution in [0.4, 0.5) is 0 Å². The van der Waals surface area contributed by atoms with Gasteiger partial charge in [-0.2, -0.15) is 0 Å². The highest BCUT2D eigenvalue weighted by molar-refractivity contribution is 14.0. The van der Waals surface area contributed by atoms with Crippen LogP contribution in [-0.2, 0) is 17.8 Å². The molecule has 1 saturated carbocycles. The molecule has 146 valence electrons. The van der Waals surface area contributed by atoms with Crippen LogP contribution >= 0.6 is 24.0 Å². The molecular formula is C20H33IN4O. The first kappa shape index (κ1) is 22.7. The van der Waals surface area contributed by atoms with Crippen molar-refractivity contribution in [2.24, 2.45) is 4.99 Å². The average Bonchev–Trinajstić information content (AvgIpc) is 3.12. The van der Waals surface area contributed by atoms with Gasteiger partial charge in [0.1, 0.15) is 0 Å². The Kier molecular flexibility index (Phi) is 11.3. The van der Waals surface area contributed by atoms with E-state index in [0.717, 1.165) is 31.8 Å². The summed E-state index contributed by atoms with van der Waals surface area (Å²) in [6, 6.07) is 8.79. The van der Waals surface area contributed by atoms with E-state index < -0.39 is 0 Å². The zero-order chi connectivity index (χ0) is 17.9. The van der Waals surface area contributed by atoms with E-state index in [4.69, 9.17) is 0 Å². The highest BCUT2D eigenvalue weighted by Crippen LogP contribution is 2.17. The number of rotatable bonds is 8. The highest BCUT2D eigenvalue weighted by atomic mass is 127. The molecule has 2 rings (SSSR count). The fourth-order valence-electron chi connectivity index (χ4n) is 3.23. The van der Waals surface area contributed by atoms with Crippen LogP contribution in [0.1, 0.15) is 57.1 Å². The molecule has 1 aromatic carbocycles. The summed E-state index contributed by atoms with van der Waals surface area (Å²) in [5.74, 6) is 0.897. The molecule has 6 heteroatoms. The van der Waals surface area contributed by atoms with Crippen molar-refractivity contribution in [1.29, 1.82) is 0 Å². The first-order valence-electron chi connectivity index (χ1n) is 9.61. The number of benzene rings is 1. The Morgan fingerprint density at radius 1 is 1.12 bits per heavy atom. The Hall–Kier alpha value is -1.31. The first-order valence-corrected chi connectivity index (χ1v) is 9.61. The number of nitrogens with one attached hydrogen (secondary N) is 3. The van der Waals surface area contributed by atoms with Crippen LogP contribution in [0.2, 0.25) is 0 Å². The third-order valence-electron chi connectivity index (χ3n) is 4.62. The van der Waals surface area contributed by atoms with Crippen molar-refractivity contribution in [1.82, 2.24) is 16.0 Å². The number of nitrogens with zero attached hydrogens (tertiary/aromatic N) is 1. The van der Waals surface area contributed by atoms with Crippen molar-refractivity contribution < 1.29 is 4.79 Å². The second kappa shape index (κ2) is 12.9. The van der Waals surface area contributed by atoms with E-state index in [9.17, 15) is 4.79 Å². The van der Waals surface area contributed by atoms with Crippen LogP contribution in [0.3, 0.4) is 0 Å². The van der Waals surface area contributed by atoms with Gasteiger partial charge in [-0.1, -0.05) is 44.0 Å². The fourth-order valence-corrected chi connectivity index (χ4v) is 3.23. The summed E-state index contributed by atoms with van der Waals surface area (Å²) in [7, 11) is 0. The zero-order valence-corrected chi connectivity index (χ0v) is 18.3. The topological polar surface area (TPSA) is 65.5 Å². The molecule has 0 saturated heterocycles. The first-order chi connectivity index (χ1) is 12.2. The van der Waals surface area contributed by atoms with Gasteiger partial charge in [0.25, 0.3) is 0 Å². The molecule has 0 aromatic heterocycles. The molecule has 5 nitrogen and oxygen atoms in total. The van der Waals surface area contributed by atoms with E-state index in [1.807, 2.05) is 6.92 Å². The van der Waals surface area contributed by atoms with Crippen molar-refractivity contribution in [2.45, 2.75) is 65.0 Å². The molecule has 0 atom stereocenters. The SMILES string of the molecule is CCNC(=NCc1ccccc1CC)NCCC(=O)NC1CCCC1.I.